The highest BCUT2D eigenvalue weighted by atomic mass is 32.1. The van der Waals surface area contributed by atoms with Gasteiger partial charge in [-0.2, -0.15) is 0 Å². The maximum atomic E-state index is 12.6. The van der Waals surface area contributed by atoms with Crippen LogP contribution in [0.15, 0.2) is 60.7 Å². The first kappa shape index (κ1) is 21.4. The normalized spacial score (nSPS) is 10.3. The zero-order valence-electron chi connectivity index (χ0n) is 16.5. The van der Waals surface area contributed by atoms with Gasteiger partial charge in [0.1, 0.15) is 18.1 Å². The Bertz CT molecular complexity index is 849. The van der Waals surface area contributed by atoms with E-state index in [1.54, 1.807) is 18.2 Å². The van der Waals surface area contributed by atoms with Crippen LogP contribution < -0.4 is 20.1 Å². The van der Waals surface area contributed by atoms with Gasteiger partial charge in [-0.05, 0) is 54.9 Å². The fraction of sp³-hybridized carbons (Fsp3) is 0.273. The quantitative estimate of drug-likeness (QED) is 0.494. The highest BCUT2D eigenvalue weighted by Gasteiger charge is 2.15. The summed E-state index contributed by atoms with van der Waals surface area (Å²) in [4.78, 5) is 12.6. The van der Waals surface area contributed by atoms with E-state index in [0.717, 1.165) is 5.57 Å². The van der Waals surface area contributed by atoms with E-state index >= 15 is 0 Å². The Balaban J connectivity index is 2.04. The predicted molar refractivity (Wildman–Crippen MR) is 117 cm³/mol. The fourth-order valence-electron chi connectivity index (χ4n) is 2.26. The van der Waals surface area contributed by atoms with Crippen LogP contribution in [0.3, 0.4) is 0 Å². The topological polar surface area (TPSA) is 59.6 Å². The molecule has 2 aromatic carbocycles. The number of thiocarbonyl (C=S) groups is 1. The summed E-state index contributed by atoms with van der Waals surface area (Å²) in [6.45, 7) is 10.7. The van der Waals surface area contributed by atoms with E-state index < -0.39 is 0 Å². The fourth-order valence-corrected chi connectivity index (χ4v) is 2.46. The standard InChI is InChI=1S/C22H26N2O3S/c1-15(2)13-26-19-11-7-5-9-17(19)21(25)24-22(28)23-18-10-6-8-12-20(18)27-14-16(3)4/h5-12,15H,3,13-14H2,1-2,4H3,(H2,23,24,25,28). The Morgan fingerprint density at radius 1 is 1.07 bits per heavy atom. The van der Waals surface area contributed by atoms with Crippen LogP contribution in [0.25, 0.3) is 0 Å². The van der Waals surface area contributed by atoms with Gasteiger partial charge in [-0.15, -0.1) is 0 Å². The van der Waals surface area contributed by atoms with Gasteiger partial charge in [0.05, 0.1) is 17.9 Å². The van der Waals surface area contributed by atoms with Gasteiger partial charge in [-0.1, -0.05) is 44.7 Å². The lowest BCUT2D eigenvalue weighted by Gasteiger charge is -2.16. The lowest BCUT2D eigenvalue weighted by atomic mass is 10.2. The number of benzene rings is 2. The summed E-state index contributed by atoms with van der Waals surface area (Å²) < 4.78 is 11.4. The average Bonchev–Trinajstić information content (AvgIpc) is 2.65. The summed E-state index contributed by atoms with van der Waals surface area (Å²) in [6.07, 6.45) is 0. The number of ether oxygens (including phenoxy) is 2. The van der Waals surface area contributed by atoms with E-state index in [0.29, 0.717) is 41.9 Å². The highest BCUT2D eigenvalue weighted by Crippen LogP contribution is 2.24. The Morgan fingerprint density at radius 2 is 1.71 bits per heavy atom. The largest absolute Gasteiger partial charge is 0.492 e. The molecule has 0 aliphatic carbocycles. The highest BCUT2D eigenvalue weighted by molar-refractivity contribution is 7.80. The average molecular weight is 399 g/mol. The Kier molecular flexibility index (Phi) is 8.02. The van der Waals surface area contributed by atoms with Gasteiger partial charge < -0.3 is 14.8 Å². The van der Waals surface area contributed by atoms with Crippen molar-refractivity contribution in [2.75, 3.05) is 18.5 Å². The molecule has 148 valence electrons. The molecule has 1 amide bonds. The Hall–Kier alpha value is -2.86. The monoisotopic (exact) mass is 398 g/mol. The first-order valence-corrected chi connectivity index (χ1v) is 9.48. The molecule has 0 fully saturated rings. The number of anilines is 1. The molecular weight excluding hydrogens is 372 g/mol. The third-order valence-electron chi connectivity index (χ3n) is 3.54. The molecule has 28 heavy (non-hydrogen) atoms. The van der Waals surface area contributed by atoms with Crippen molar-refractivity contribution in [2.24, 2.45) is 5.92 Å². The molecule has 0 saturated heterocycles. The molecular formula is C22H26N2O3S. The second-order valence-electron chi connectivity index (χ2n) is 6.85. The Morgan fingerprint density at radius 3 is 2.39 bits per heavy atom. The minimum Gasteiger partial charge on any atom is -0.492 e. The van der Waals surface area contributed by atoms with Crippen LogP contribution in [-0.4, -0.2) is 24.2 Å². The molecule has 0 spiro atoms. The third kappa shape index (κ3) is 6.70. The lowest BCUT2D eigenvalue weighted by molar-refractivity contribution is 0.0973. The van der Waals surface area contributed by atoms with Crippen molar-refractivity contribution in [1.29, 1.82) is 0 Å². The van der Waals surface area contributed by atoms with Gasteiger partial charge in [0.2, 0.25) is 0 Å². The summed E-state index contributed by atoms with van der Waals surface area (Å²) >= 11 is 5.30. The number of hydrogen-bond acceptors (Lipinski definition) is 4. The molecule has 0 atom stereocenters. The van der Waals surface area contributed by atoms with Crippen LogP contribution in [0.5, 0.6) is 11.5 Å². The van der Waals surface area contributed by atoms with Crippen molar-refractivity contribution >= 4 is 28.9 Å². The van der Waals surface area contributed by atoms with Crippen LogP contribution in [0.2, 0.25) is 0 Å². The summed E-state index contributed by atoms with van der Waals surface area (Å²) in [7, 11) is 0. The van der Waals surface area contributed by atoms with Crippen molar-refractivity contribution < 1.29 is 14.3 Å². The van der Waals surface area contributed by atoms with E-state index in [1.165, 1.54) is 0 Å². The van der Waals surface area contributed by atoms with Gasteiger partial charge in [-0.25, -0.2) is 0 Å². The summed E-state index contributed by atoms with van der Waals surface area (Å²) in [5.74, 6) is 1.18. The van der Waals surface area contributed by atoms with Crippen molar-refractivity contribution in [2.45, 2.75) is 20.8 Å². The molecule has 0 aromatic heterocycles. The third-order valence-corrected chi connectivity index (χ3v) is 3.74. The second-order valence-corrected chi connectivity index (χ2v) is 7.26. The van der Waals surface area contributed by atoms with E-state index in [1.807, 2.05) is 37.3 Å². The van der Waals surface area contributed by atoms with Crippen molar-refractivity contribution in [3.63, 3.8) is 0 Å². The molecule has 0 saturated carbocycles. The molecule has 5 nitrogen and oxygen atoms in total. The SMILES string of the molecule is C=C(C)COc1ccccc1NC(=S)NC(=O)c1ccccc1OCC(C)C. The van der Waals surface area contributed by atoms with Crippen LogP contribution in [0, 0.1) is 5.92 Å². The van der Waals surface area contributed by atoms with Crippen LogP contribution in [0.1, 0.15) is 31.1 Å². The van der Waals surface area contributed by atoms with Crippen molar-refractivity contribution in [3.05, 3.63) is 66.2 Å². The number of amides is 1. The van der Waals surface area contributed by atoms with Crippen LogP contribution >= 0.6 is 12.2 Å². The van der Waals surface area contributed by atoms with E-state index in [2.05, 4.69) is 31.1 Å². The molecule has 0 radical (unpaired) electrons. The minimum absolute atomic E-state index is 0.176. The number of hydrogen-bond donors (Lipinski definition) is 2. The van der Waals surface area contributed by atoms with Gasteiger partial charge in [0, 0.05) is 0 Å². The summed E-state index contributed by atoms with van der Waals surface area (Å²) in [5.41, 5.74) is 2.00. The van der Waals surface area contributed by atoms with E-state index in [4.69, 9.17) is 21.7 Å². The number of carbonyl (C=O) groups excluding carboxylic acids is 1. The van der Waals surface area contributed by atoms with Crippen LogP contribution in [0.4, 0.5) is 5.69 Å². The molecule has 0 aliphatic heterocycles. The molecule has 2 N–H and O–H groups in total. The zero-order chi connectivity index (χ0) is 20.5. The molecule has 0 bridgehead atoms. The van der Waals surface area contributed by atoms with Gasteiger partial charge in [-0.3, -0.25) is 10.1 Å². The van der Waals surface area contributed by atoms with Crippen LogP contribution in [-0.2, 0) is 0 Å². The van der Waals surface area contributed by atoms with Gasteiger partial charge in [0.15, 0.2) is 5.11 Å². The molecule has 2 aromatic rings. The van der Waals surface area contributed by atoms with Gasteiger partial charge >= 0.3 is 0 Å². The minimum atomic E-state index is -0.336. The molecule has 0 unspecified atom stereocenters. The molecule has 0 aliphatic rings. The number of rotatable bonds is 8. The smallest absolute Gasteiger partial charge is 0.261 e. The zero-order valence-corrected chi connectivity index (χ0v) is 17.3. The summed E-state index contributed by atoms with van der Waals surface area (Å²) in [5, 5.41) is 5.88. The van der Waals surface area contributed by atoms with Crippen molar-refractivity contribution in [3.8, 4) is 11.5 Å². The molecule has 0 heterocycles. The Labute approximate surface area is 171 Å². The van der Waals surface area contributed by atoms with E-state index in [-0.39, 0.29) is 11.0 Å². The number of nitrogens with one attached hydrogen (secondary N) is 2. The molecule has 6 heteroatoms. The van der Waals surface area contributed by atoms with Crippen molar-refractivity contribution in [1.82, 2.24) is 5.32 Å². The summed E-state index contributed by atoms with van der Waals surface area (Å²) in [6, 6.07) is 14.5. The first-order valence-electron chi connectivity index (χ1n) is 9.07. The molecule has 2 rings (SSSR count). The maximum Gasteiger partial charge on any atom is 0.261 e. The predicted octanol–water partition coefficient (Wildman–Crippen LogP) is 4.80. The first-order chi connectivity index (χ1) is 13.4. The van der Waals surface area contributed by atoms with Gasteiger partial charge in [0.25, 0.3) is 5.91 Å². The lowest BCUT2D eigenvalue weighted by Crippen LogP contribution is -2.34. The van der Waals surface area contributed by atoms with E-state index in [9.17, 15) is 4.79 Å². The maximum absolute atomic E-state index is 12.6. The number of carbonyl (C=O) groups is 1. The number of para-hydroxylation sites is 3. The second kappa shape index (κ2) is 10.5.